The highest BCUT2D eigenvalue weighted by Crippen LogP contribution is 2.22. The molecule has 80 valence electrons. The monoisotopic (exact) mass is 224 g/mol. The third-order valence-corrected chi connectivity index (χ3v) is 5.29. The molecule has 0 aromatic heterocycles. The Morgan fingerprint density at radius 1 is 1.23 bits per heavy atom. The highest BCUT2D eigenvalue weighted by Gasteiger charge is 2.28. The van der Waals surface area contributed by atoms with Crippen molar-refractivity contribution in [3.8, 4) is 0 Å². The summed E-state index contributed by atoms with van der Waals surface area (Å²) in [6.45, 7) is 3.61. The van der Waals surface area contributed by atoms with Gasteiger partial charge >= 0.3 is 0 Å². The molecule has 2 nitrogen and oxygen atoms in total. The molecule has 0 radical (unpaired) electrons. The van der Waals surface area contributed by atoms with Crippen LogP contribution in [0, 0.1) is 0 Å². The fourth-order valence-electron chi connectivity index (χ4n) is 0.983. The number of hydrogen-bond acceptors (Lipinski definition) is 3. The fraction of sp³-hybridized carbons (Fsp3) is 1.00. The summed E-state index contributed by atoms with van der Waals surface area (Å²) in [6.07, 6.45) is 6.27. The molecule has 0 rings (SSSR count). The van der Waals surface area contributed by atoms with E-state index in [1.807, 2.05) is 11.8 Å². The van der Waals surface area contributed by atoms with Gasteiger partial charge in [0.05, 0.1) is 4.75 Å². The van der Waals surface area contributed by atoms with Crippen LogP contribution in [0.1, 0.15) is 33.1 Å². The normalized spacial score (nSPS) is 13.2. The van der Waals surface area contributed by atoms with Gasteiger partial charge in [0.2, 0.25) is 0 Å². The molecule has 0 N–H and O–H groups in total. The summed E-state index contributed by atoms with van der Waals surface area (Å²) >= 11 is 1.81. The van der Waals surface area contributed by atoms with E-state index < -0.39 is 14.6 Å². The Morgan fingerprint density at radius 3 is 2.15 bits per heavy atom. The van der Waals surface area contributed by atoms with Crippen LogP contribution < -0.4 is 0 Å². The Labute approximate surface area is 86.4 Å². The molecule has 0 unspecified atom stereocenters. The molecule has 0 aromatic carbocycles. The van der Waals surface area contributed by atoms with Gasteiger partial charge < -0.3 is 0 Å². The highest BCUT2D eigenvalue weighted by molar-refractivity contribution is 7.98. The maximum absolute atomic E-state index is 11.3. The largest absolute Gasteiger partial charge is 0.229 e. The molecule has 0 fully saturated rings. The average molecular weight is 224 g/mol. The third kappa shape index (κ3) is 4.91. The van der Waals surface area contributed by atoms with Crippen molar-refractivity contribution in [3.63, 3.8) is 0 Å². The van der Waals surface area contributed by atoms with Crippen molar-refractivity contribution in [2.75, 3.05) is 18.3 Å². The van der Waals surface area contributed by atoms with Crippen LogP contribution in [0.25, 0.3) is 0 Å². The molecular weight excluding hydrogens is 204 g/mol. The lowest BCUT2D eigenvalue weighted by Crippen LogP contribution is -2.30. The van der Waals surface area contributed by atoms with Crippen LogP contribution in [0.15, 0.2) is 0 Å². The first kappa shape index (κ1) is 13.3. The molecule has 0 aliphatic heterocycles. The van der Waals surface area contributed by atoms with Crippen LogP contribution in [-0.4, -0.2) is 31.4 Å². The van der Waals surface area contributed by atoms with E-state index in [0.29, 0.717) is 0 Å². The zero-order chi connectivity index (χ0) is 10.5. The summed E-state index contributed by atoms with van der Waals surface area (Å²) in [6, 6.07) is 0. The smallest absolute Gasteiger partial charge is 0.152 e. The summed E-state index contributed by atoms with van der Waals surface area (Å²) in [5.41, 5.74) is 0. The van der Waals surface area contributed by atoms with Crippen LogP contribution in [0.2, 0.25) is 0 Å². The minimum atomic E-state index is -2.90. The van der Waals surface area contributed by atoms with Crippen molar-refractivity contribution < 1.29 is 8.42 Å². The van der Waals surface area contributed by atoms with Crippen LogP contribution in [0.5, 0.6) is 0 Å². The lowest BCUT2D eigenvalue weighted by atomic mass is 10.1. The van der Waals surface area contributed by atoms with E-state index in [2.05, 4.69) is 6.26 Å². The standard InChI is InChI=1S/C9H20O2S2/c1-9(2,13(4,10)11)7-5-6-8-12-3/h5-8H2,1-4H3. The van der Waals surface area contributed by atoms with Gasteiger partial charge in [-0.05, 0) is 38.7 Å². The second kappa shape index (κ2) is 5.25. The first-order valence-electron chi connectivity index (χ1n) is 4.50. The van der Waals surface area contributed by atoms with Gasteiger partial charge in [-0.25, -0.2) is 8.42 Å². The lowest BCUT2D eigenvalue weighted by molar-refractivity contribution is 0.519. The van der Waals surface area contributed by atoms with E-state index in [1.165, 1.54) is 6.26 Å². The molecule has 0 spiro atoms. The Morgan fingerprint density at radius 2 is 1.77 bits per heavy atom. The summed E-state index contributed by atoms with van der Waals surface area (Å²) in [4.78, 5) is 0. The van der Waals surface area contributed by atoms with Crippen molar-refractivity contribution >= 4 is 21.6 Å². The SMILES string of the molecule is CSCCCCC(C)(C)S(C)(=O)=O. The van der Waals surface area contributed by atoms with Gasteiger partial charge in [0.25, 0.3) is 0 Å². The maximum Gasteiger partial charge on any atom is 0.152 e. The third-order valence-electron chi connectivity index (χ3n) is 2.38. The quantitative estimate of drug-likeness (QED) is 0.649. The van der Waals surface area contributed by atoms with Crippen LogP contribution in [0.3, 0.4) is 0 Å². The summed E-state index contributed by atoms with van der Waals surface area (Å²) in [7, 11) is -2.90. The summed E-state index contributed by atoms with van der Waals surface area (Å²) in [5, 5.41) is 0. The minimum Gasteiger partial charge on any atom is -0.229 e. The van der Waals surface area contributed by atoms with Gasteiger partial charge in [-0.1, -0.05) is 6.42 Å². The highest BCUT2D eigenvalue weighted by atomic mass is 32.2. The van der Waals surface area contributed by atoms with Crippen molar-refractivity contribution in [1.29, 1.82) is 0 Å². The van der Waals surface area contributed by atoms with Crippen LogP contribution in [-0.2, 0) is 9.84 Å². The Kier molecular flexibility index (Phi) is 5.37. The average Bonchev–Trinajstić information content (AvgIpc) is 1.96. The van der Waals surface area contributed by atoms with Crippen LogP contribution in [0.4, 0.5) is 0 Å². The van der Waals surface area contributed by atoms with E-state index >= 15 is 0 Å². The molecule has 0 aliphatic rings. The predicted molar refractivity (Wildman–Crippen MR) is 61.2 cm³/mol. The first-order chi connectivity index (χ1) is 5.81. The second-order valence-corrected chi connectivity index (χ2v) is 7.62. The van der Waals surface area contributed by atoms with Gasteiger partial charge in [0, 0.05) is 6.26 Å². The number of unbranched alkanes of at least 4 members (excludes halogenated alkanes) is 1. The van der Waals surface area contributed by atoms with E-state index in [4.69, 9.17) is 0 Å². The zero-order valence-corrected chi connectivity index (χ0v) is 10.6. The molecule has 0 amide bonds. The van der Waals surface area contributed by atoms with E-state index in [-0.39, 0.29) is 0 Å². The second-order valence-electron chi connectivity index (χ2n) is 3.98. The van der Waals surface area contributed by atoms with Gasteiger partial charge in [-0.2, -0.15) is 11.8 Å². The van der Waals surface area contributed by atoms with Gasteiger partial charge in [0.1, 0.15) is 0 Å². The number of sulfone groups is 1. The van der Waals surface area contributed by atoms with E-state index in [0.717, 1.165) is 25.0 Å². The fourth-order valence-corrected chi connectivity index (χ4v) is 1.99. The van der Waals surface area contributed by atoms with Gasteiger partial charge in [-0.15, -0.1) is 0 Å². The molecule has 0 aromatic rings. The molecular formula is C9H20O2S2. The summed E-state index contributed by atoms with van der Waals surface area (Å²) < 4.78 is 22.1. The molecule has 0 atom stereocenters. The predicted octanol–water partition coefficient (Wildman–Crippen LogP) is 2.34. The molecule has 4 heteroatoms. The molecule has 0 saturated carbocycles. The van der Waals surface area contributed by atoms with E-state index in [1.54, 1.807) is 13.8 Å². The number of thioether (sulfide) groups is 1. The maximum atomic E-state index is 11.3. The van der Waals surface area contributed by atoms with Crippen LogP contribution >= 0.6 is 11.8 Å². The Hall–Kier alpha value is 0.300. The molecule has 13 heavy (non-hydrogen) atoms. The topological polar surface area (TPSA) is 34.1 Å². The zero-order valence-electron chi connectivity index (χ0n) is 8.96. The molecule has 0 heterocycles. The van der Waals surface area contributed by atoms with Crippen molar-refractivity contribution in [2.24, 2.45) is 0 Å². The minimum absolute atomic E-state index is 0.550. The van der Waals surface area contributed by atoms with E-state index in [9.17, 15) is 8.42 Å². The summed E-state index contributed by atoms with van der Waals surface area (Å²) in [5.74, 6) is 1.12. The Balaban J connectivity index is 3.91. The van der Waals surface area contributed by atoms with Crippen molar-refractivity contribution in [1.82, 2.24) is 0 Å². The van der Waals surface area contributed by atoms with Crippen molar-refractivity contribution in [3.05, 3.63) is 0 Å². The number of hydrogen-bond donors (Lipinski definition) is 0. The lowest BCUT2D eigenvalue weighted by Gasteiger charge is -2.21. The first-order valence-corrected chi connectivity index (χ1v) is 7.78. The molecule has 0 aliphatic carbocycles. The molecule has 0 saturated heterocycles. The number of rotatable bonds is 6. The Bertz CT molecular complexity index is 230. The van der Waals surface area contributed by atoms with Crippen molar-refractivity contribution in [2.45, 2.75) is 37.9 Å². The molecule has 0 bridgehead atoms. The van der Waals surface area contributed by atoms with Gasteiger partial charge in [0.15, 0.2) is 9.84 Å². The van der Waals surface area contributed by atoms with Gasteiger partial charge in [-0.3, -0.25) is 0 Å².